The Bertz CT molecular complexity index is 2400. The number of imidazole rings is 1. The van der Waals surface area contributed by atoms with Gasteiger partial charge in [0.2, 0.25) is 0 Å². The number of nitrogens with zero attached hydrogens (tertiary/aromatic N) is 2. The number of hydrogen-bond acceptors (Lipinski definition) is 2. The van der Waals surface area contributed by atoms with Gasteiger partial charge in [0.25, 0.3) is 0 Å². The summed E-state index contributed by atoms with van der Waals surface area (Å²) in [5.74, 6) is 0.962. The number of benzene rings is 6. The van der Waals surface area contributed by atoms with Gasteiger partial charge in [0.15, 0.2) is 0 Å². The molecular weight excluding hydrogens is 830 g/mol. The third kappa shape index (κ3) is 7.44. The SMILES string of the molecule is CC(C)(C)c1ccc(-n2c(-c3cc(C(C)(C)C)cc(C(C)(C)C)c3O)nc3c(-c4[c-]c(-c5[c-]cccc5)ccc4)cccc32)c(-c2ccccc2)c1.[Au]. The molecule has 0 aliphatic rings. The van der Waals surface area contributed by atoms with Crippen molar-refractivity contribution in [3.8, 4) is 56.2 Å². The van der Waals surface area contributed by atoms with Crippen molar-refractivity contribution in [2.45, 2.75) is 78.6 Å². The molecule has 1 radical (unpaired) electrons. The van der Waals surface area contributed by atoms with Gasteiger partial charge in [-0.1, -0.05) is 122 Å². The predicted molar refractivity (Wildman–Crippen MR) is 218 cm³/mol. The maximum Gasteiger partial charge on any atom is 0.148 e. The van der Waals surface area contributed by atoms with Crippen LogP contribution >= 0.6 is 0 Å². The molecule has 1 N–H and O–H groups in total. The van der Waals surface area contributed by atoms with Crippen molar-refractivity contribution >= 4 is 11.0 Å². The Labute approximate surface area is 331 Å². The van der Waals surface area contributed by atoms with Gasteiger partial charge in [-0.3, -0.25) is 4.57 Å². The largest absolute Gasteiger partial charge is 0.507 e. The molecule has 0 saturated heterocycles. The molecule has 7 aromatic rings. The van der Waals surface area contributed by atoms with E-state index < -0.39 is 0 Å². The average Bonchev–Trinajstić information content (AvgIpc) is 3.50. The Morgan fingerprint density at radius 2 is 1.21 bits per heavy atom. The van der Waals surface area contributed by atoms with Crippen LogP contribution in [-0.4, -0.2) is 14.7 Å². The number of rotatable bonds is 5. The second kappa shape index (κ2) is 14.3. The van der Waals surface area contributed by atoms with E-state index in [1.165, 1.54) is 5.56 Å². The van der Waals surface area contributed by atoms with Crippen LogP contribution in [0.2, 0.25) is 0 Å². The normalized spacial score (nSPS) is 12.2. The van der Waals surface area contributed by atoms with Gasteiger partial charge in [-0.15, -0.1) is 23.8 Å². The number of hydrogen-bond donors (Lipinski definition) is 1. The van der Waals surface area contributed by atoms with Crippen molar-refractivity contribution in [1.29, 1.82) is 0 Å². The summed E-state index contributed by atoms with van der Waals surface area (Å²) in [4.78, 5) is 5.53. The monoisotopic (exact) mass is 877 g/mol. The molecular formula is C49H48AuN2O-2. The van der Waals surface area contributed by atoms with E-state index in [-0.39, 0.29) is 44.4 Å². The number of fused-ring (bicyclic) bond motifs is 1. The molecule has 1 aromatic heterocycles. The predicted octanol–water partition coefficient (Wildman–Crippen LogP) is 12.9. The van der Waals surface area contributed by atoms with Gasteiger partial charge in [-0.2, -0.15) is 42.0 Å². The van der Waals surface area contributed by atoms with Crippen LogP contribution in [0.5, 0.6) is 5.75 Å². The summed E-state index contributed by atoms with van der Waals surface area (Å²) in [5.41, 5.74) is 12.4. The molecule has 0 atom stereocenters. The zero-order chi connectivity index (χ0) is 37.0. The van der Waals surface area contributed by atoms with Gasteiger partial charge in [0.1, 0.15) is 11.6 Å². The van der Waals surface area contributed by atoms with E-state index in [1.807, 2.05) is 18.2 Å². The Kier molecular flexibility index (Phi) is 10.3. The fourth-order valence-corrected chi connectivity index (χ4v) is 6.94. The van der Waals surface area contributed by atoms with Crippen molar-refractivity contribution in [3.63, 3.8) is 0 Å². The van der Waals surface area contributed by atoms with E-state index in [0.717, 1.165) is 66.8 Å². The van der Waals surface area contributed by atoms with E-state index in [9.17, 15) is 5.11 Å². The van der Waals surface area contributed by atoms with E-state index in [2.05, 4.69) is 182 Å². The molecule has 53 heavy (non-hydrogen) atoms. The Hall–Kier alpha value is -4.67. The smallest absolute Gasteiger partial charge is 0.148 e. The quantitative estimate of drug-likeness (QED) is 0.138. The molecule has 1 heterocycles. The van der Waals surface area contributed by atoms with Crippen LogP contribution in [0.3, 0.4) is 0 Å². The minimum absolute atomic E-state index is 0. The molecule has 0 aliphatic carbocycles. The van der Waals surface area contributed by atoms with Crippen LogP contribution in [0.25, 0.3) is 61.5 Å². The van der Waals surface area contributed by atoms with Crippen LogP contribution < -0.4 is 0 Å². The minimum Gasteiger partial charge on any atom is -0.507 e. The first-order valence-corrected chi connectivity index (χ1v) is 18.2. The Morgan fingerprint density at radius 3 is 1.87 bits per heavy atom. The van der Waals surface area contributed by atoms with E-state index in [0.29, 0.717) is 5.82 Å². The van der Waals surface area contributed by atoms with Gasteiger partial charge < -0.3 is 5.11 Å². The van der Waals surface area contributed by atoms with Crippen molar-refractivity contribution < 1.29 is 27.5 Å². The molecule has 0 unspecified atom stereocenters. The maximum atomic E-state index is 12.3. The summed E-state index contributed by atoms with van der Waals surface area (Å²) < 4.78 is 2.26. The molecule has 0 saturated carbocycles. The van der Waals surface area contributed by atoms with Crippen molar-refractivity contribution in [1.82, 2.24) is 9.55 Å². The maximum absolute atomic E-state index is 12.3. The van der Waals surface area contributed by atoms with Gasteiger partial charge in [0.05, 0.1) is 22.3 Å². The van der Waals surface area contributed by atoms with Crippen LogP contribution in [-0.2, 0) is 38.6 Å². The first-order valence-electron chi connectivity index (χ1n) is 18.2. The summed E-state index contributed by atoms with van der Waals surface area (Å²) in [6.45, 7) is 19.9. The van der Waals surface area contributed by atoms with Gasteiger partial charge in [0, 0.05) is 33.5 Å². The summed E-state index contributed by atoms with van der Waals surface area (Å²) in [5, 5.41) is 12.3. The summed E-state index contributed by atoms with van der Waals surface area (Å²) in [6, 6.07) is 49.4. The molecule has 7 rings (SSSR count). The van der Waals surface area contributed by atoms with Gasteiger partial charge >= 0.3 is 0 Å². The molecule has 0 fully saturated rings. The van der Waals surface area contributed by atoms with Crippen molar-refractivity contribution in [2.75, 3.05) is 0 Å². The third-order valence-corrected chi connectivity index (χ3v) is 9.98. The van der Waals surface area contributed by atoms with Crippen LogP contribution in [0.15, 0.2) is 121 Å². The Balaban J connectivity index is 0.00000481. The van der Waals surface area contributed by atoms with Gasteiger partial charge in [-0.25, -0.2) is 10.5 Å². The molecule has 0 amide bonds. The van der Waals surface area contributed by atoms with Gasteiger partial charge in [-0.05, 0) is 57.2 Å². The van der Waals surface area contributed by atoms with E-state index in [1.54, 1.807) is 0 Å². The zero-order valence-corrected chi connectivity index (χ0v) is 34.4. The fraction of sp³-hybridized carbons (Fsp3) is 0.245. The van der Waals surface area contributed by atoms with Crippen LogP contribution in [0.4, 0.5) is 0 Å². The number of phenols is 1. The summed E-state index contributed by atoms with van der Waals surface area (Å²) in [7, 11) is 0. The van der Waals surface area contributed by atoms with Crippen molar-refractivity contribution in [2.24, 2.45) is 0 Å². The number of phenolic OH excluding ortho intramolecular Hbond substituents is 1. The zero-order valence-electron chi connectivity index (χ0n) is 32.2. The van der Waals surface area contributed by atoms with E-state index in [4.69, 9.17) is 4.98 Å². The van der Waals surface area contributed by atoms with Crippen LogP contribution in [0, 0.1) is 12.1 Å². The molecule has 273 valence electrons. The molecule has 0 spiro atoms. The van der Waals surface area contributed by atoms with Crippen LogP contribution in [0.1, 0.15) is 79.0 Å². The first-order chi connectivity index (χ1) is 24.6. The number of para-hydroxylation sites is 1. The molecule has 6 aromatic carbocycles. The second-order valence-electron chi connectivity index (χ2n) is 17.0. The average molecular weight is 878 g/mol. The second-order valence-corrected chi connectivity index (χ2v) is 17.0. The number of aromatic nitrogens is 2. The molecule has 4 heteroatoms. The topological polar surface area (TPSA) is 38.0 Å². The summed E-state index contributed by atoms with van der Waals surface area (Å²) >= 11 is 0. The first kappa shape index (κ1) is 38.1. The standard InChI is InChI=1S/C49H48N2O.Au/c1-47(2,3)36-26-27-42(39(29-36)33-20-14-11-15-21-33)51-43-25-17-24-38(35-23-16-22-34(28-35)32-18-12-10-13-19-32)44(43)50-46(51)40-30-37(48(4,5)6)31-41(45(40)52)49(7,8)9;/h10-18,20-27,29-31,52H,1-9H3;/q-2;. The third-order valence-electron chi connectivity index (χ3n) is 9.98. The van der Waals surface area contributed by atoms with Crippen molar-refractivity contribution in [3.05, 3.63) is 150 Å². The fourth-order valence-electron chi connectivity index (χ4n) is 6.94. The number of aromatic hydroxyl groups is 1. The molecule has 0 bridgehead atoms. The molecule has 0 aliphatic heterocycles. The van der Waals surface area contributed by atoms with E-state index >= 15 is 0 Å². The Morgan fingerprint density at radius 1 is 0.566 bits per heavy atom. The molecule has 3 nitrogen and oxygen atoms in total. The minimum atomic E-state index is -0.296. The summed E-state index contributed by atoms with van der Waals surface area (Å²) in [6.07, 6.45) is 0.